The molecule has 0 spiro atoms. The van der Waals surface area contributed by atoms with Gasteiger partial charge in [0.25, 0.3) is 0 Å². The zero-order chi connectivity index (χ0) is 7.94. The van der Waals surface area contributed by atoms with E-state index in [9.17, 15) is 0 Å². The number of unbranched alkanes of at least 4 members (excludes halogenated alkanes) is 2. The molecule has 0 aliphatic heterocycles. The summed E-state index contributed by atoms with van der Waals surface area (Å²) in [6.45, 7) is 0.380. The molecule has 0 radical (unpaired) electrons. The van der Waals surface area contributed by atoms with Crippen LogP contribution >= 0.6 is 0 Å². The lowest BCUT2D eigenvalue weighted by atomic mass is 10.0. The van der Waals surface area contributed by atoms with E-state index in [4.69, 9.17) is 5.11 Å². The Labute approximate surface area is 69.8 Å². The van der Waals surface area contributed by atoms with Gasteiger partial charge in [-0.1, -0.05) is 44.9 Å². The summed E-state index contributed by atoms with van der Waals surface area (Å²) in [6.07, 6.45) is 10.9. The van der Waals surface area contributed by atoms with E-state index in [1.807, 2.05) is 0 Å². The normalized spacial score (nSPS) is 19.4. The fourth-order valence-corrected chi connectivity index (χ4v) is 2.02. The van der Waals surface area contributed by atoms with Crippen molar-refractivity contribution < 1.29 is 5.11 Å². The van der Waals surface area contributed by atoms with E-state index in [1.165, 1.54) is 44.9 Å². The Morgan fingerprint density at radius 1 is 1.00 bits per heavy atom. The van der Waals surface area contributed by atoms with Crippen molar-refractivity contribution in [3.63, 3.8) is 0 Å². The lowest BCUT2D eigenvalue weighted by molar-refractivity contribution is 0.280. The first-order valence-corrected chi connectivity index (χ1v) is 5.04. The summed E-state index contributed by atoms with van der Waals surface area (Å²) in [5, 5.41) is 8.56. The molecule has 66 valence electrons. The predicted octanol–water partition coefficient (Wildman–Crippen LogP) is 2.73. The van der Waals surface area contributed by atoms with Crippen LogP contribution in [0.5, 0.6) is 0 Å². The highest BCUT2D eigenvalue weighted by Gasteiger charge is 2.13. The summed E-state index contributed by atoms with van der Waals surface area (Å²) in [5.41, 5.74) is 0. The van der Waals surface area contributed by atoms with Crippen LogP contribution in [0.4, 0.5) is 0 Å². The van der Waals surface area contributed by atoms with Crippen molar-refractivity contribution in [3.05, 3.63) is 0 Å². The summed E-state index contributed by atoms with van der Waals surface area (Å²) in [4.78, 5) is 0. The number of rotatable bonds is 5. The van der Waals surface area contributed by atoms with Crippen LogP contribution in [0.1, 0.15) is 51.4 Å². The maximum atomic E-state index is 8.56. The summed E-state index contributed by atoms with van der Waals surface area (Å²) < 4.78 is 0. The third-order valence-electron chi connectivity index (χ3n) is 2.75. The summed E-state index contributed by atoms with van der Waals surface area (Å²) in [6, 6.07) is 0. The molecular weight excluding hydrogens is 136 g/mol. The van der Waals surface area contributed by atoms with Crippen LogP contribution in [0.2, 0.25) is 0 Å². The maximum Gasteiger partial charge on any atom is 0.0431 e. The highest BCUT2D eigenvalue weighted by molar-refractivity contribution is 4.66. The predicted molar refractivity (Wildman–Crippen MR) is 47.5 cm³/mol. The third kappa shape index (κ3) is 3.76. The van der Waals surface area contributed by atoms with E-state index in [0.29, 0.717) is 6.61 Å². The van der Waals surface area contributed by atoms with Gasteiger partial charge in [0.1, 0.15) is 0 Å². The van der Waals surface area contributed by atoms with Gasteiger partial charge in [0.15, 0.2) is 0 Å². The standard InChI is InChI=1S/C10H20O/c11-9-5-1-2-6-10-7-3-4-8-10/h10-11H,1-9H2. The van der Waals surface area contributed by atoms with Gasteiger partial charge >= 0.3 is 0 Å². The van der Waals surface area contributed by atoms with E-state index in [1.54, 1.807) is 0 Å². The van der Waals surface area contributed by atoms with Gasteiger partial charge in [-0.3, -0.25) is 0 Å². The minimum absolute atomic E-state index is 0.380. The highest BCUT2D eigenvalue weighted by atomic mass is 16.2. The zero-order valence-corrected chi connectivity index (χ0v) is 7.39. The molecule has 1 fully saturated rings. The fourth-order valence-electron chi connectivity index (χ4n) is 2.02. The van der Waals surface area contributed by atoms with Crippen molar-refractivity contribution in [1.29, 1.82) is 0 Å². The zero-order valence-electron chi connectivity index (χ0n) is 7.39. The molecule has 0 aromatic carbocycles. The van der Waals surface area contributed by atoms with Gasteiger partial charge < -0.3 is 5.11 Å². The molecule has 1 nitrogen and oxygen atoms in total. The fraction of sp³-hybridized carbons (Fsp3) is 1.00. The second-order valence-electron chi connectivity index (χ2n) is 3.72. The summed E-state index contributed by atoms with van der Waals surface area (Å²) in [5.74, 6) is 1.04. The Balaban J connectivity index is 1.86. The summed E-state index contributed by atoms with van der Waals surface area (Å²) >= 11 is 0. The smallest absolute Gasteiger partial charge is 0.0431 e. The van der Waals surface area contributed by atoms with Crippen molar-refractivity contribution in [2.24, 2.45) is 5.92 Å². The van der Waals surface area contributed by atoms with Gasteiger partial charge in [0.05, 0.1) is 0 Å². The Morgan fingerprint density at radius 2 is 1.73 bits per heavy atom. The maximum absolute atomic E-state index is 8.56. The lowest BCUT2D eigenvalue weighted by Crippen LogP contribution is -1.93. The minimum Gasteiger partial charge on any atom is -0.396 e. The topological polar surface area (TPSA) is 20.2 Å². The average Bonchev–Trinajstić information content (AvgIpc) is 2.50. The SMILES string of the molecule is OCCCCCC1CCCC1. The molecular formula is C10H20O. The molecule has 0 bridgehead atoms. The molecule has 1 aliphatic rings. The van der Waals surface area contributed by atoms with E-state index >= 15 is 0 Å². The first kappa shape index (κ1) is 9.05. The van der Waals surface area contributed by atoms with Crippen LogP contribution in [0.3, 0.4) is 0 Å². The first-order valence-electron chi connectivity index (χ1n) is 5.04. The Morgan fingerprint density at radius 3 is 2.36 bits per heavy atom. The Hall–Kier alpha value is -0.0400. The molecule has 0 amide bonds. The van der Waals surface area contributed by atoms with Gasteiger partial charge in [-0.25, -0.2) is 0 Å². The van der Waals surface area contributed by atoms with Crippen molar-refractivity contribution in [1.82, 2.24) is 0 Å². The van der Waals surface area contributed by atoms with Gasteiger partial charge in [-0.15, -0.1) is 0 Å². The van der Waals surface area contributed by atoms with Crippen molar-refractivity contribution in [2.45, 2.75) is 51.4 Å². The van der Waals surface area contributed by atoms with Gasteiger partial charge in [0.2, 0.25) is 0 Å². The van der Waals surface area contributed by atoms with Crippen LogP contribution in [0, 0.1) is 5.92 Å². The largest absolute Gasteiger partial charge is 0.396 e. The van der Waals surface area contributed by atoms with Gasteiger partial charge in [-0.05, 0) is 12.3 Å². The van der Waals surface area contributed by atoms with E-state index in [-0.39, 0.29) is 0 Å². The van der Waals surface area contributed by atoms with Crippen LogP contribution in [-0.4, -0.2) is 11.7 Å². The molecule has 1 heteroatoms. The molecule has 0 saturated heterocycles. The van der Waals surface area contributed by atoms with Crippen molar-refractivity contribution in [2.75, 3.05) is 6.61 Å². The minimum atomic E-state index is 0.380. The quantitative estimate of drug-likeness (QED) is 0.607. The van der Waals surface area contributed by atoms with E-state index in [2.05, 4.69) is 0 Å². The molecule has 1 rings (SSSR count). The Kier molecular flexibility index (Phi) is 4.60. The monoisotopic (exact) mass is 156 g/mol. The molecule has 1 aliphatic carbocycles. The second-order valence-corrected chi connectivity index (χ2v) is 3.72. The molecule has 0 atom stereocenters. The van der Waals surface area contributed by atoms with Gasteiger partial charge in [-0.2, -0.15) is 0 Å². The number of aliphatic hydroxyl groups excluding tert-OH is 1. The van der Waals surface area contributed by atoms with Crippen molar-refractivity contribution >= 4 is 0 Å². The van der Waals surface area contributed by atoms with E-state index < -0.39 is 0 Å². The number of aliphatic hydroxyl groups is 1. The van der Waals surface area contributed by atoms with Crippen LogP contribution in [0.25, 0.3) is 0 Å². The summed E-state index contributed by atoms with van der Waals surface area (Å²) in [7, 11) is 0. The van der Waals surface area contributed by atoms with Crippen LogP contribution < -0.4 is 0 Å². The molecule has 0 heterocycles. The first-order chi connectivity index (χ1) is 5.43. The molecule has 0 aromatic heterocycles. The molecule has 1 saturated carbocycles. The van der Waals surface area contributed by atoms with Gasteiger partial charge in [0, 0.05) is 6.61 Å². The Bertz CT molecular complexity index is 84.9. The van der Waals surface area contributed by atoms with Crippen LogP contribution in [-0.2, 0) is 0 Å². The lowest BCUT2D eigenvalue weighted by Gasteiger charge is -2.06. The van der Waals surface area contributed by atoms with Crippen molar-refractivity contribution in [3.8, 4) is 0 Å². The average molecular weight is 156 g/mol. The number of hydrogen-bond donors (Lipinski definition) is 1. The molecule has 0 aromatic rings. The second kappa shape index (κ2) is 5.59. The number of hydrogen-bond acceptors (Lipinski definition) is 1. The highest BCUT2D eigenvalue weighted by Crippen LogP contribution is 2.28. The molecule has 0 unspecified atom stereocenters. The molecule has 1 N–H and O–H groups in total. The van der Waals surface area contributed by atoms with Crippen LogP contribution in [0.15, 0.2) is 0 Å². The third-order valence-corrected chi connectivity index (χ3v) is 2.75. The molecule has 11 heavy (non-hydrogen) atoms. The van der Waals surface area contributed by atoms with E-state index in [0.717, 1.165) is 12.3 Å².